The Morgan fingerprint density at radius 1 is 1.17 bits per heavy atom. The summed E-state index contributed by atoms with van der Waals surface area (Å²) in [5.41, 5.74) is 10.1. The number of halogens is 2. The number of aromatic nitrogens is 1. The molecule has 0 saturated heterocycles. The summed E-state index contributed by atoms with van der Waals surface area (Å²) in [6.45, 7) is 0.687. The van der Waals surface area contributed by atoms with Crippen molar-refractivity contribution in [3.8, 4) is 0 Å². The van der Waals surface area contributed by atoms with Gasteiger partial charge in [-0.05, 0) is 0 Å². The average Bonchev–Trinajstić information content (AvgIpc) is 3.15. The number of aromatic amines is 1. The van der Waals surface area contributed by atoms with Gasteiger partial charge in [0, 0.05) is 0 Å². The molecule has 3 aromatic rings. The van der Waals surface area contributed by atoms with Crippen molar-refractivity contribution in [2.24, 2.45) is 5.73 Å². The Labute approximate surface area is 157 Å². The van der Waals surface area contributed by atoms with Gasteiger partial charge in [0.15, 0.2) is 0 Å². The molecule has 0 fully saturated rings. The number of nitrogens with two attached hydrogens (primary N) is 1. The molecule has 5 heteroatoms. The Hall–Kier alpha value is -1.16. The second-order valence-corrected chi connectivity index (χ2v) is 14.0. The van der Waals surface area contributed by atoms with Gasteiger partial charge in [0.2, 0.25) is 0 Å². The molecule has 0 unspecified atom stereocenters. The van der Waals surface area contributed by atoms with Gasteiger partial charge < -0.3 is 0 Å². The minimum atomic E-state index is -1.42. The third-order valence-corrected chi connectivity index (χ3v) is 12.6. The van der Waals surface area contributed by atoms with Crippen LogP contribution in [-0.2, 0) is 31.0 Å². The normalized spacial score (nSPS) is 12.7. The van der Waals surface area contributed by atoms with Gasteiger partial charge in [-0.2, -0.15) is 0 Å². The van der Waals surface area contributed by atoms with Crippen LogP contribution in [0.2, 0.25) is 5.02 Å². The second kappa shape index (κ2) is 6.62. The summed E-state index contributed by atoms with van der Waals surface area (Å²) in [6, 6.07) is 11.4. The van der Waals surface area contributed by atoms with E-state index in [1.54, 1.807) is 6.07 Å². The quantitative estimate of drug-likeness (QED) is 0.494. The second-order valence-electron chi connectivity index (χ2n) is 6.30. The monoisotopic (exact) mass is 528 g/mol. The van der Waals surface area contributed by atoms with Gasteiger partial charge in [-0.3, -0.25) is 0 Å². The van der Waals surface area contributed by atoms with Gasteiger partial charge in [0.05, 0.1) is 0 Å². The van der Waals surface area contributed by atoms with Crippen LogP contribution >= 0.6 is 11.6 Å². The topological polar surface area (TPSA) is 41.8 Å². The molecule has 0 atom stereocenters. The Bertz CT molecular complexity index is 961. The number of H-pyrrole nitrogens is 1. The van der Waals surface area contributed by atoms with Crippen LogP contribution in [0.4, 0.5) is 4.39 Å². The molecule has 3 N–H and O–H groups in total. The van der Waals surface area contributed by atoms with Gasteiger partial charge in [-0.25, -0.2) is 0 Å². The van der Waals surface area contributed by atoms with Gasteiger partial charge >= 0.3 is 158 Å². The first-order valence-corrected chi connectivity index (χ1v) is 14.0. The van der Waals surface area contributed by atoms with Gasteiger partial charge in [0.25, 0.3) is 0 Å². The molecule has 0 amide bonds. The number of hydrogen-bond donors (Lipinski definition) is 2. The summed E-state index contributed by atoms with van der Waals surface area (Å²) in [5, 5.41) is 1.89. The van der Waals surface area contributed by atoms with E-state index in [1.807, 2.05) is 6.07 Å². The predicted octanol–water partition coefficient (Wildman–Crippen LogP) is 4.07. The zero-order valence-electron chi connectivity index (χ0n) is 13.2. The van der Waals surface area contributed by atoms with Crippen LogP contribution in [0.1, 0.15) is 23.2 Å². The van der Waals surface area contributed by atoms with Gasteiger partial charge in [0.1, 0.15) is 0 Å². The van der Waals surface area contributed by atoms with Crippen molar-refractivity contribution in [1.82, 2.24) is 4.98 Å². The Morgan fingerprint density at radius 2 is 2.04 bits per heavy atom. The van der Waals surface area contributed by atoms with E-state index in [9.17, 15) is 4.39 Å². The van der Waals surface area contributed by atoms with Crippen LogP contribution in [0.15, 0.2) is 36.4 Å². The molecule has 118 valence electrons. The Kier molecular flexibility index (Phi) is 4.50. The summed E-state index contributed by atoms with van der Waals surface area (Å²) in [7, 11) is 0. The molecular weight excluding hydrogens is 511 g/mol. The fourth-order valence-corrected chi connectivity index (χ4v) is 10.9. The number of hydrogen-bond acceptors (Lipinski definition) is 1. The molecule has 4 rings (SSSR count). The predicted molar refractivity (Wildman–Crippen MR) is 94.6 cm³/mol. The van der Waals surface area contributed by atoms with Crippen LogP contribution in [0.5, 0.6) is 0 Å². The van der Waals surface area contributed by atoms with E-state index >= 15 is 0 Å². The summed E-state index contributed by atoms with van der Waals surface area (Å²) in [6.07, 6.45) is 4.16. The maximum atomic E-state index is 13.4. The zero-order chi connectivity index (χ0) is 16.7. The molecule has 0 bridgehead atoms. The summed E-state index contributed by atoms with van der Waals surface area (Å²) in [4.78, 5) is 3.37. The van der Waals surface area contributed by atoms with Crippen molar-refractivity contribution in [3.05, 3.63) is 64.1 Å². The van der Waals surface area contributed by atoms with E-state index in [2.05, 4.69) is 29.3 Å². The molecule has 0 radical (unpaired) electrons. The van der Waals surface area contributed by atoms with E-state index in [1.165, 1.54) is 23.3 Å². The minimum absolute atomic E-state index is 0.208. The molecule has 0 aliphatic carbocycles. The molecule has 1 aliphatic rings. The van der Waals surface area contributed by atoms with E-state index < -0.39 is 24.6 Å². The first kappa shape index (κ1) is 16.3. The summed E-state index contributed by atoms with van der Waals surface area (Å²) >= 11 is 5.01. The van der Waals surface area contributed by atoms with Crippen molar-refractivity contribution in [2.75, 3.05) is 6.54 Å². The van der Waals surface area contributed by atoms with Gasteiger partial charge in [-0.1, -0.05) is 0 Å². The van der Waals surface area contributed by atoms with E-state index in [4.69, 9.17) is 17.3 Å². The third-order valence-electron chi connectivity index (χ3n) is 4.60. The zero-order valence-corrected chi connectivity index (χ0v) is 19.5. The summed E-state index contributed by atoms with van der Waals surface area (Å²) in [5.74, 6) is -0.208. The Balaban J connectivity index is 1.66. The van der Waals surface area contributed by atoms with Crippen molar-refractivity contribution in [2.45, 2.75) is 12.8 Å². The number of fused-ring (bicyclic) bond motifs is 2. The number of nitrogens with one attached hydrogen (secondary N) is 1. The molecule has 24 heavy (non-hydrogen) atoms. The van der Waals surface area contributed by atoms with Gasteiger partial charge in [-0.15, -0.1) is 0 Å². The van der Waals surface area contributed by atoms with Crippen molar-refractivity contribution >= 4 is 34.7 Å². The van der Waals surface area contributed by atoms with Crippen molar-refractivity contribution in [1.29, 1.82) is 0 Å². The van der Waals surface area contributed by atoms with Crippen LogP contribution in [-0.4, -0.2) is 11.5 Å². The molecule has 1 aliphatic heterocycles. The molecular formula is C19H16ClFHgN2. The standard InChI is InChI=1S/C19H16ClFN2.Hg/c20-18-10-13(3-5-14(18)2-1-9-22)4-8-17-11-15-6-7-16(21)12-19(15)23-17;/h4-7,10-12,23H,1-2,9,22H2;. The molecule has 0 saturated carbocycles. The van der Waals surface area contributed by atoms with Crippen LogP contribution < -0.4 is 8.81 Å². The molecule has 2 heterocycles. The SMILES string of the molecule is NCCCc1c[c]2c(cc1Cl)C=[C](c1cc3ccc(F)cc3[nH]1)[Hg]2. The maximum absolute atomic E-state index is 13.4. The van der Waals surface area contributed by atoms with E-state index in [-0.39, 0.29) is 5.82 Å². The fourth-order valence-electron chi connectivity index (χ4n) is 3.35. The van der Waals surface area contributed by atoms with Crippen LogP contribution in [0.25, 0.3) is 20.1 Å². The van der Waals surface area contributed by atoms with Crippen molar-refractivity contribution in [3.63, 3.8) is 0 Å². The first-order valence-electron chi connectivity index (χ1n) is 8.14. The average molecular weight is 527 g/mol. The number of rotatable bonds is 4. The number of benzene rings is 2. The third kappa shape index (κ3) is 3.05. The molecule has 2 aromatic carbocycles. The molecule has 2 nitrogen and oxygen atoms in total. The number of aryl methyl sites for hydroxylation is 1. The summed E-state index contributed by atoms with van der Waals surface area (Å²) < 4.78 is 16.3. The Morgan fingerprint density at radius 3 is 2.88 bits per heavy atom. The van der Waals surface area contributed by atoms with Crippen molar-refractivity contribution < 1.29 is 29.0 Å². The van der Waals surface area contributed by atoms with Crippen LogP contribution in [0, 0.1) is 5.82 Å². The molecule has 0 spiro atoms. The van der Waals surface area contributed by atoms with Crippen LogP contribution in [0.3, 0.4) is 0 Å². The molecule has 1 aromatic heterocycles. The van der Waals surface area contributed by atoms with E-state index in [0.717, 1.165) is 34.5 Å². The van der Waals surface area contributed by atoms with E-state index in [0.29, 0.717) is 6.54 Å². The fraction of sp³-hybridized carbons (Fsp3) is 0.158. The first-order chi connectivity index (χ1) is 11.6.